The average molecular weight is 429 g/mol. The van der Waals surface area contributed by atoms with Crippen LogP contribution < -0.4 is 10.5 Å². The summed E-state index contributed by atoms with van der Waals surface area (Å²) in [4.78, 5) is 0. The van der Waals surface area contributed by atoms with E-state index in [2.05, 4.69) is 37.1 Å². The van der Waals surface area contributed by atoms with E-state index in [1.54, 1.807) is 42.2 Å². The second kappa shape index (κ2) is 10.5. The SMILES string of the molecule is CC[C@@H](C)/C(=C\C(=C/N)Oc1cc(C#N)ccc1-n1cc(C(C)O)cn1)c1ccccc1. The van der Waals surface area contributed by atoms with Crippen LogP contribution in [0, 0.1) is 17.2 Å². The third-order valence-corrected chi connectivity index (χ3v) is 5.36. The molecule has 1 unspecified atom stereocenters. The quantitative estimate of drug-likeness (QED) is 0.384. The van der Waals surface area contributed by atoms with Crippen LogP contribution in [0.15, 0.2) is 79.0 Å². The summed E-state index contributed by atoms with van der Waals surface area (Å²) in [5.41, 5.74) is 9.92. The molecular formula is C26H28N4O2. The van der Waals surface area contributed by atoms with E-state index in [0.717, 1.165) is 17.6 Å². The Kier molecular flexibility index (Phi) is 7.48. The number of ether oxygens (including phenoxy) is 1. The lowest BCUT2D eigenvalue weighted by Gasteiger charge is -2.17. The molecule has 1 heterocycles. The fourth-order valence-electron chi connectivity index (χ4n) is 3.29. The summed E-state index contributed by atoms with van der Waals surface area (Å²) in [6, 6.07) is 17.4. The largest absolute Gasteiger partial charge is 0.454 e. The van der Waals surface area contributed by atoms with Crippen LogP contribution in [0.2, 0.25) is 0 Å². The number of nitrogens with two attached hydrogens (primary N) is 1. The highest BCUT2D eigenvalue weighted by molar-refractivity contribution is 5.69. The van der Waals surface area contributed by atoms with Crippen LogP contribution in [0.5, 0.6) is 5.75 Å². The van der Waals surface area contributed by atoms with Crippen molar-refractivity contribution < 1.29 is 9.84 Å². The Morgan fingerprint density at radius 3 is 2.59 bits per heavy atom. The second-order valence-corrected chi connectivity index (χ2v) is 7.63. The first kappa shape index (κ1) is 22.9. The van der Waals surface area contributed by atoms with Gasteiger partial charge in [-0.1, -0.05) is 44.2 Å². The van der Waals surface area contributed by atoms with E-state index in [1.165, 1.54) is 6.20 Å². The molecule has 2 aromatic carbocycles. The first-order valence-electron chi connectivity index (χ1n) is 10.6. The summed E-state index contributed by atoms with van der Waals surface area (Å²) >= 11 is 0. The van der Waals surface area contributed by atoms with E-state index in [9.17, 15) is 10.4 Å². The van der Waals surface area contributed by atoms with Gasteiger partial charge in [0.1, 0.15) is 11.4 Å². The third-order valence-electron chi connectivity index (χ3n) is 5.36. The number of hydrogen-bond acceptors (Lipinski definition) is 5. The van der Waals surface area contributed by atoms with E-state index in [0.29, 0.717) is 34.2 Å². The molecule has 0 aliphatic heterocycles. The van der Waals surface area contributed by atoms with Crippen LogP contribution in [-0.4, -0.2) is 14.9 Å². The van der Waals surface area contributed by atoms with Gasteiger partial charge in [-0.3, -0.25) is 0 Å². The van der Waals surface area contributed by atoms with Gasteiger partial charge in [-0.25, -0.2) is 4.68 Å². The van der Waals surface area contributed by atoms with Crippen LogP contribution in [0.3, 0.4) is 0 Å². The Labute approximate surface area is 188 Å². The van der Waals surface area contributed by atoms with Gasteiger partial charge in [-0.05, 0) is 48.6 Å². The topological polar surface area (TPSA) is 97.1 Å². The lowest BCUT2D eigenvalue weighted by Crippen LogP contribution is -2.05. The Bertz CT molecular complexity index is 1150. The lowest BCUT2D eigenvalue weighted by molar-refractivity contribution is 0.199. The van der Waals surface area contributed by atoms with Crippen molar-refractivity contribution in [3.05, 3.63) is 95.7 Å². The molecule has 0 saturated carbocycles. The van der Waals surface area contributed by atoms with Gasteiger partial charge in [0.2, 0.25) is 0 Å². The molecule has 164 valence electrons. The minimum absolute atomic E-state index is 0.292. The van der Waals surface area contributed by atoms with E-state index < -0.39 is 6.10 Å². The summed E-state index contributed by atoms with van der Waals surface area (Å²) in [5, 5.41) is 23.6. The monoisotopic (exact) mass is 428 g/mol. The van der Waals surface area contributed by atoms with Crippen molar-refractivity contribution in [3.8, 4) is 17.5 Å². The standard InChI is InChI=1S/C26H28N4O2/c1-4-18(2)24(21-8-6-5-7-9-21)13-23(15-28)32-26-12-20(14-27)10-11-25(26)30-17-22(16-29-30)19(3)31/h5-13,15-19,31H,4,28H2,1-3H3/b23-15+,24-13+/t18-,19?/m1/s1. The molecule has 32 heavy (non-hydrogen) atoms. The minimum atomic E-state index is -0.641. The highest BCUT2D eigenvalue weighted by Crippen LogP contribution is 2.30. The van der Waals surface area contributed by atoms with E-state index >= 15 is 0 Å². The fraction of sp³-hybridized carbons (Fsp3) is 0.231. The predicted molar refractivity (Wildman–Crippen MR) is 126 cm³/mol. The van der Waals surface area contributed by atoms with Crippen LogP contribution >= 0.6 is 0 Å². The van der Waals surface area contributed by atoms with Crippen LogP contribution in [0.25, 0.3) is 11.3 Å². The van der Waals surface area contributed by atoms with Crippen molar-refractivity contribution in [2.45, 2.75) is 33.3 Å². The molecule has 3 N–H and O–H groups in total. The van der Waals surface area contributed by atoms with Gasteiger partial charge in [0.15, 0.2) is 5.75 Å². The molecular weight excluding hydrogens is 400 g/mol. The molecule has 0 aliphatic rings. The Balaban J connectivity index is 2.03. The van der Waals surface area contributed by atoms with Gasteiger partial charge in [-0.15, -0.1) is 0 Å². The molecule has 0 amide bonds. The molecule has 3 rings (SSSR count). The molecule has 1 aromatic heterocycles. The van der Waals surface area contributed by atoms with Gasteiger partial charge < -0.3 is 15.6 Å². The van der Waals surface area contributed by atoms with Gasteiger partial charge in [0.05, 0.1) is 23.9 Å². The minimum Gasteiger partial charge on any atom is -0.454 e. The maximum absolute atomic E-state index is 9.84. The third kappa shape index (κ3) is 5.26. The number of allylic oxidation sites excluding steroid dienone is 2. The van der Waals surface area contributed by atoms with Crippen molar-refractivity contribution in [1.29, 1.82) is 5.26 Å². The van der Waals surface area contributed by atoms with Gasteiger partial charge in [0.25, 0.3) is 0 Å². The maximum Gasteiger partial charge on any atom is 0.154 e. The van der Waals surface area contributed by atoms with Crippen molar-refractivity contribution in [3.63, 3.8) is 0 Å². The highest BCUT2D eigenvalue weighted by Gasteiger charge is 2.15. The Morgan fingerprint density at radius 1 is 1.25 bits per heavy atom. The van der Waals surface area contributed by atoms with Crippen LogP contribution in [-0.2, 0) is 0 Å². The maximum atomic E-state index is 9.84. The number of nitriles is 1. The van der Waals surface area contributed by atoms with E-state index in [1.807, 2.05) is 24.3 Å². The molecule has 0 radical (unpaired) electrons. The number of rotatable bonds is 8. The van der Waals surface area contributed by atoms with Crippen molar-refractivity contribution >= 4 is 5.57 Å². The number of aromatic nitrogens is 2. The summed E-state index contributed by atoms with van der Waals surface area (Å²) in [7, 11) is 0. The van der Waals surface area contributed by atoms with Gasteiger partial charge in [-0.2, -0.15) is 10.4 Å². The molecule has 0 bridgehead atoms. The predicted octanol–water partition coefficient (Wildman–Crippen LogP) is 5.11. The van der Waals surface area contributed by atoms with Gasteiger partial charge in [0, 0.05) is 24.0 Å². The van der Waals surface area contributed by atoms with Gasteiger partial charge >= 0.3 is 0 Å². The van der Waals surface area contributed by atoms with Crippen molar-refractivity contribution in [2.24, 2.45) is 11.7 Å². The fourth-order valence-corrected chi connectivity index (χ4v) is 3.29. The lowest BCUT2D eigenvalue weighted by atomic mass is 9.91. The second-order valence-electron chi connectivity index (χ2n) is 7.63. The zero-order chi connectivity index (χ0) is 23.1. The molecule has 0 saturated heterocycles. The molecule has 0 fully saturated rings. The zero-order valence-electron chi connectivity index (χ0n) is 18.6. The zero-order valence-corrected chi connectivity index (χ0v) is 18.6. The Morgan fingerprint density at radius 2 is 2.00 bits per heavy atom. The van der Waals surface area contributed by atoms with Crippen molar-refractivity contribution in [1.82, 2.24) is 9.78 Å². The summed E-state index contributed by atoms with van der Waals surface area (Å²) in [5.74, 6) is 1.19. The van der Waals surface area contributed by atoms with Crippen LogP contribution in [0.4, 0.5) is 0 Å². The van der Waals surface area contributed by atoms with Crippen molar-refractivity contribution in [2.75, 3.05) is 0 Å². The first-order chi connectivity index (χ1) is 15.5. The normalized spacial score (nSPS) is 14.0. The number of aliphatic hydroxyl groups is 1. The smallest absolute Gasteiger partial charge is 0.154 e. The molecule has 3 aromatic rings. The number of nitrogens with zero attached hydrogens (tertiary/aromatic N) is 3. The van der Waals surface area contributed by atoms with E-state index in [-0.39, 0.29) is 0 Å². The summed E-state index contributed by atoms with van der Waals surface area (Å²) < 4.78 is 7.81. The van der Waals surface area contributed by atoms with Crippen LogP contribution in [0.1, 0.15) is 50.0 Å². The molecule has 0 aliphatic carbocycles. The average Bonchev–Trinajstić information content (AvgIpc) is 3.32. The number of aliphatic hydroxyl groups excluding tert-OH is 1. The number of hydrogen-bond donors (Lipinski definition) is 2. The highest BCUT2D eigenvalue weighted by atomic mass is 16.5. The number of benzene rings is 2. The molecule has 6 heteroatoms. The Hall–Kier alpha value is -3.82. The summed E-state index contributed by atoms with van der Waals surface area (Å²) in [6.07, 6.45) is 7.01. The van der Waals surface area contributed by atoms with E-state index in [4.69, 9.17) is 10.5 Å². The molecule has 2 atom stereocenters. The first-order valence-corrected chi connectivity index (χ1v) is 10.6. The molecule has 6 nitrogen and oxygen atoms in total. The molecule has 0 spiro atoms. The summed E-state index contributed by atoms with van der Waals surface area (Å²) in [6.45, 7) is 5.98.